The molecule has 130 valence electrons. The fourth-order valence-corrected chi connectivity index (χ4v) is 3.22. The zero-order chi connectivity index (χ0) is 16.8. The number of amides is 1. The molecule has 2 aliphatic heterocycles. The summed E-state index contributed by atoms with van der Waals surface area (Å²) in [5.41, 5.74) is 2.29. The highest BCUT2D eigenvalue weighted by atomic mass is 16.5. The van der Waals surface area contributed by atoms with E-state index in [2.05, 4.69) is 11.0 Å². The van der Waals surface area contributed by atoms with Crippen LogP contribution in [0.2, 0.25) is 0 Å². The Hall–Kier alpha value is -1.85. The molecular weight excluding hydrogens is 304 g/mol. The molecule has 1 aromatic rings. The summed E-state index contributed by atoms with van der Waals surface area (Å²) in [7, 11) is 1.73. The maximum Gasteiger partial charge on any atom is 0.246 e. The lowest BCUT2D eigenvalue weighted by Crippen LogP contribution is -2.35. The van der Waals surface area contributed by atoms with Gasteiger partial charge in [0.15, 0.2) is 0 Å². The molecule has 3 rings (SSSR count). The molecule has 1 saturated heterocycles. The van der Waals surface area contributed by atoms with Crippen molar-refractivity contribution in [3.8, 4) is 5.75 Å². The molecular formula is C19H26N2O3. The minimum atomic E-state index is 0.0975. The highest BCUT2D eigenvalue weighted by Gasteiger charge is 2.17. The first-order valence-electron chi connectivity index (χ1n) is 8.70. The molecule has 0 atom stereocenters. The Labute approximate surface area is 143 Å². The van der Waals surface area contributed by atoms with E-state index in [1.54, 1.807) is 13.2 Å². The van der Waals surface area contributed by atoms with E-state index in [1.165, 1.54) is 5.56 Å². The van der Waals surface area contributed by atoms with E-state index in [9.17, 15) is 4.79 Å². The summed E-state index contributed by atoms with van der Waals surface area (Å²) >= 11 is 0. The van der Waals surface area contributed by atoms with Crippen molar-refractivity contribution in [2.24, 2.45) is 0 Å². The van der Waals surface area contributed by atoms with Gasteiger partial charge in [0.1, 0.15) is 5.75 Å². The second-order valence-corrected chi connectivity index (χ2v) is 6.31. The van der Waals surface area contributed by atoms with Crippen molar-refractivity contribution in [2.45, 2.75) is 12.8 Å². The van der Waals surface area contributed by atoms with Gasteiger partial charge in [-0.15, -0.1) is 0 Å². The number of methoxy groups -OCH3 is 1. The van der Waals surface area contributed by atoms with E-state index in [-0.39, 0.29) is 5.91 Å². The number of ether oxygens (including phenoxy) is 2. The van der Waals surface area contributed by atoms with Crippen LogP contribution in [0.5, 0.6) is 5.75 Å². The molecule has 0 N–H and O–H groups in total. The van der Waals surface area contributed by atoms with Crippen LogP contribution >= 0.6 is 0 Å². The van der Waals surface area contributed by atoms with Gasteiger partial charge in [-0.3, -0.25) is 9.69 Å². The first-order chi connectivity index (χ1) is 11.8. The molecule has 0 radical (unpaired) electrons. The van der Waals surface area contributed by atoms with Gasteiger partial charge in [0.05, 0.1) is 13.2 Å². The van der Waals surface area contributed by atoms with Crippen molar-refractivity contribution >= 4 is 12.0 Å². The minimum absolute atomic E-state index is 0.0975. The Morgan fingerprint density at radius 1 is 1.29 bits per heavy atom. The van der Waals surface area contributed by atoms with Crippen LogP contribution < -0.4 is 4.74 Å². The molecule has 0 aliphatic carbocycles. The Morgan fingerprint density at radius 3 is 3.08 bits per heavy atom. The molecule has 0 aromatic heterocycles. The van der Waals surface area contributed by atoms with Gasteiger partial charge in [-0.1, -0.05) is 6.07 Å². The Balaban J connectivity index is 1.54. The van der Waals surface area contributed by atoms with E-state index in [4.69, 9.17) is 9.47 Å². The predicted octanol–water partition coefficient (Wildman–Crippen LogP) is 1.82. The standard InChI is InChI=1S/C19H26N2O3/c1-23-14-12-20-8-2-9-21(11-10-20)19(22)6-4-16-3-5-18-17(15-16)7-13-24-18/h3-6,15H,2,7-14H2,1H3. The number of fused-ring (bicyclic) bond motifs is 1. The van der Waals surface area contributed by atoms with Crippen molar-refractivity contribution in [2.75, 3.05) is 53.0 Å². The molecule has 0 unspecified atom stereocenters. The molecule has 0 bridgehead atoms. The normalized spacial score (nSPS) is 18.5. The molecule has 1 aromatic carbocycles. The molecule has 2 aliphatic rings. The lowest BCUT2D eigenvalue weighted by atomic mass is 10.1. The smallest absolute Gasteiger partial charge is 0.246 e. The monoisotopic (exact) mass is 330 g/mol. The van der Waals surface area contributed by atoms with Gasteiger partial charge in [-0.05, 0) is 42.3 Å². The number of hydrogen-bond donors (Lipinski definition) is 0. The van der Waals surface area contributed by atoms with E-state index in [0.29, 0.717) is 0 Å². The maximum atomic E-state index is 12.4. The van der Waals surface area contributed by atoms with Gasteiger partial charge in [0.2, 0.25) is 5.91 Å². The van der Waals surface area contributed by atoms with Gasteiger partial charge >= 0.3 is 0 Å². The number of hydrogen-bond acceptors (Lipinski definition) is 4. The number of carbonyl (C=O) groups is 1. The topological polar surface area (TPSA) is 42.0 Å². The third kappa shape index (κ3) is 4.36. The number of carbonyl (C=O) groups excluding carboxylic acids is 1. The molecule has 5 nitrogen and oxygen atoms in total. The lowest BCUT2D eigenvalue weighted by Gasteiger charge is -2.20. The quantitative estimate of drug-likeness (QED) is 0.772. The summed E-state index contributed by atoms with van der Waals surface area (Å²) in [5, 5.41) is 0. The SMILES string of the molecule is COCCN1CCCN(C(=O)C=Cc2ccc3c(c2)CCO3)CC1. The van der Waals surface area contributed by atoms with Crippen LogP contribution in [0.4, 0.5) is 0 Å². The van der Waals surface area contributed by atoms with E-state index < -0.39 is 0 Å². The van der Waals surface area contributed by atoms with Gasteiger partial charge in [-0.2, -0.15) is 0 Å². The molecule has 5 heteroatoms. The van der Waals surface area contributed by atoms with Gasteiger partial charge in [0.25, 0.3) is 0 Å². The Kier molecular flexibility index (Phi) is 5.88. The number of rotatable bonds is 5. The van der Waals surface area contributed by atoms with Gasteiger partial charge < -0.3 is 14.4 Å². The maximum absolute atomic E-state index is 12.4. The largest absolute Gasteiger partial charge is 0.493 e. The van der Waals surface area contributed by atoms with Crippen molar-refractivity contribution in [1.29, 1.82) is 0 Å². The van der Waals surface area contributed by atoms with Crippen molar-refractivity contribution < 1.29 is 14.3 Å². The second kappa shape index (κ2) is 8.31. The van der Waals surface area contributed by atoms with Crippen LogP contribution in [0.25, 0.3) is 6.08 Å². The van der Waals surface area contributed by atoms with E-state index in [0.717, 1.165) is 70.1 Å². The molecule has 1 amide bonds. The fraction of sp³-hybridized carbons (Fsp3) is 0.526. The molecule has 24 heavy (non-hydrogen) atoms. The summed E-state index contributed by atoms with van der Waals surface area (Å²) < 4.78 is 10.6. The molecule has 0 spiro atoms. The Morgan fingerprint density at radius 2 is 2.21 bits per heavy atom. The van der Waals surface area contributed by atoms with Crippen molar-refractivity contribution in [1.82, 2.24) is 9.80 Å². The van der Waals surface area contributed by atoms with Crippen LogP contribution in [0.3, 0.4) is 0 Å². The third-order valence-electron chi connectivity index (χ3n) is 4.64. The summed E-state index contributed by atoms with van der Waals surface area (Å²) in [6.45, 7) is 5.99. The Bertz CT molecular complexity index is 600. The first kappa shape index (κ1) is 17.0. The summed E-state index contributed by atoms with van der Waals surface area (Å²) in [5.74, 6) is 1.07. The van der Waals surface area contributed by atoms with Crippen molar-refractivity contribution in [3.63, 3.8) is 0 Å². The van der Waals surface area contributed by atoms with Crippen LogP contribution in [-0.4, -0.2) is 68.8 Å². The second-order valence-electron chi connectivity index (χ2n) is 6.31. The molecule has 2 heterocycles. The predicted molar refractivity (Wildman–Crippen MR) is 94.2 cm³/mol. The lowest BCUT2D eigenvalue weighted by molar-refractivity contribution is -0.125. The van der Waals surface area contributed by atoms with Crippen LogP contribution in [0.15, 0.2) is 24.3 Å². The third-order valence-corrected chi connectivity index (χ3v) is 4.64. The summed E-state index contributed by atoms with van der Waals surface area (Å²) in [4.78, 5) is 16.8. The minimum Gasteiger partial charge on any atom is -0.493 e. The zero-order valence-electron chi connectivity index (χ0n) is 14.4. The van der Waals surface area contributed by atoms with Crippen LogP contribution in [-0.2, 0) is 16.0 Å². The first-order valence-corrected chi connectivity index (χ1v) is 8.70. The van der Waals surface area contributed by atoms with Gasteiger partial charge in [-0.25, -0.2) is 0 Å². The summed E-state index contributed by atoms with van der Waals surface area (Å²) in [6, 6.07) is 6.11. The van der Waals surface area contributed by atoms with Gasteiger partial charge in [0, 0.05) is 45.8 Å². The number of nitrogens with zero attached hydrogens (tertiary/aromatic N) is 2. The highest BCUT2D eigenvalue weighted by molar-refractivity contribution is 5.91. The fourth-order valence-electron chi connectivity index (χ4n) is 3.22. The van der Waals surface area contributed by atoms with Crippen molar-refractivity contribution in [3.05, 3.63) is 35.4 Å². The van der Waals surface area contributed by atoms with Crippen LogP contribution in [0, 0.1) is 0 Å². The highest BCUT2D eigenvalue weighted by Crippen LogP contribution is 2.26. The van der Waals surface area contributed by atoms with E-state index in [1.807, 2.05) is 23.1 Å². The molecule has 1 fully saturated rings. The average molecular weight is 330 g/mol. The van der Waals surface area contributed by atoms with Crippen LogP contribution in [0.1, 0.15) is 17.5 Å². The summed E-state index contributed by atoms with van der Waals surface area (Å²) in [6.07, 6.45) is 5.57. The average Bonchev–Trinajstić information content (AvgIpc) is 2.94. The number of benzene rings is 1. The van der Waals surface area contributed by atoms with E-state index >= 15 is 0 Å². The zero-order valence-corrected chi connectivity index (χ0v) is 14.4. The molecule has 0 saturated carbocycles.